The molecular formula is C15H22BrNO. The summed E-state index contributed by atoms with van der Waals surface area (Å²) in [5, 5.41) is 0. The van der Waals surface area contributed by atoms with E-state index in [0.29, 0.717) is 5.92 Å². The van der Waals surface area contributed by atoms with Gasteiger partial charge in [0.05, 0.1) is 0 Å². The van der Waals surface area contributed by atoms with Gasteiger partial charge in [-0.1, -0.05) is 36.2 Å². The van der Waals surface area contributed by atoms with Crippen LogP contribution in [0.3, 0.4) is 0 Å². The van der Waals surface area contributed by atoms with E-state index in [-0.39, 0.29) is 5.91 Å². The first-order valence-corrected chi connectivity index (χ1v) is 7.34. The smallest absolute Gasteiger partial charge is 0.253 e. The van der Waals surface area contributed by atoms with Crippen molar-refractivity contribution in [2.45, 2.75) is 34.1 Å². The van der Waals surface area contributed by atoms with Gasteiger partial charge in [0, 0.05) is 23.1 Å². The summed E-state index contributed by atoms with van der Waals surface area (Å²) in [4.78, 5) is 14.3. The van der Waals surface area contributed by atoms with Crippen molar-refractivity contribution in [2.75, 3.05) is 13.1 Å². The van der Waals surface area contributed by atoms with E-state index in [1.54, 1.807) is 0 Å². The lowest BCUT2D eigenvalue weighted by Gasteiger charge is -2.24. The molecule has 1 aromatic carbocycles. The number of benzene rings is 1. The molecule has 0 saturated heterocycles. The lowest BCUT2D eigenvalue weighted by Crippen LogP contribution is -2.34. The molecule has 1 amide bonds. The summed E-state index contributed by atoms with van der Waals surface area (Å²) in [7, 11) is 0. The number of carbonyl (C=O) groups is 1. The molecule has 1 atom stereocenters. The average Bonchev–Trinajstić information content (AvgIpc) is 2.38. The first-order valence-electron chi connectivity index (χ1n) is 6.55. The van der Waals surface area contributed by atoms with Crippen LogP contribution in [0.2, 0.25) is 0 Å². The number of halogens is 1. The van der Waals surface area contributed by atoms with E-state index < -0.39 is 0 Å². The van der Waals surface area contributed by atoms with E-state index in [0.717, 1.165) is 35.1 Å². The largest absolute Gasteiger partial charge is 0.339 e. The zero-order valence-corrected chi connectivity index (χ0v) is 13.3. The molecule has 0 spiro atoms. The average molecular weight is 312 g/mol. The number of hydrogen-bond donors (Lipinski definition) is 0. The summed E-state index contributed by atoms with van der Waals surface area (Å²) >= 11 is 3.46. The van der Waals surface area contributed by atoms with Gasteiger partial charge in [-0.05, 0) is 43.5 Å². The third kappa shape index (κ3) is 3.84. The molecule has 0 bridgehead atoms. The van der Waals surface area contributed by atoms with Gasteiger partial charge in [-0.3, -0.25) is 4.79 Å². The van der Waals surface area contributed by atoms with Gasteiger partial charge in [-0.25, -0.2) is 0 Å². The Bertz CT molecular complexity index is 417. The Morgan fingerprint density at radius 1 is 1.39 bits per heavy atom. The molecule has 0 fully saturated rings. The maximum atomic E-state index is 12.4. The van der Waals surface area contributed by atoms with Crippen LogP contribution in [0.25, 0.3) is 0 Å². The van der Waals surface area contributed by atoms with Crippen LogP contribution in [0.15, 0.2) is 22.7 Å². The van der Waals surface area contributed by atoms with Crippen LogP contribution in [0.4, 0.5) is 0 Å². The molecule has 1 rings (SSSR count). The molecule has 0 heterocycles. The highest BCUT2D eigenvalue weighted by Crippen LogP contribution is 2.18. The van der Waals surface area contributed by atoms with Crippen LogP contribution in [0.1, 0.15) is 43.1 Å². The second kappa shape index (κ2) is 6.93. The Labute approximate surface area is 119 Å². The van der Waals surface area contributed by atoms with Gasteiger partial charge in [0.1, 0.15) is 0 Å². The fourth-order valence-corrected chi connectivity index (χ4v) is 2.07. The van der Waals surface area contributed by atoms with Crippen LogP contribution < -0.4 is 0 Å². The Hall–Kier alpha value is -0.830. The topological polar surface area (TPSA) is 20.3 Å². The Morgan fingerprint density at radius 3 is 2.56 bits per heavy atom. The van der Waals surface area contributed by atoms with Gasteiger partial charge in [0.2, 0.25) is 0 Å². The predicted molar refractivity (Wildman–Crippen MR) is 79.9 cm³/mol. The van der Waals surface area contributed by atoms with Crippen LogP contribution in [0.5, 0.6) is 0 Å². The van der Waals surface area contributed by atoms with Gasteiger partial charge < -0.3 is 4.90 Å². The van der Waals surface area contributed by atoms with Gasteiger partial charge in [0.15, 0.2) is 0 Å². The summed E-state index contributed by atoms with van der Waals surface area (Å²) in [6, 6.07) is 5.78. The van der Waals surface area contributed by atoms with E-state index in [9.17, 15) is 4.79 Å². The van der Waals surface area contributed by atoms with Gasteiger partial charge in [0.25, 0.3) is 5.91 Å². The van der Waals surface area contributed by atoms with Crippen molar-refractivity contribution < 1.29 is 4.79 Å². The first kappa shape index (κ1) is 15.2. The summed E-state index contributed by atoms with van der Waals surface area (Å²) in [5.41, 5.74) is 1.88. The number of aryl methyl sites for hydroxylation is 1. The summed E-state index contributed by atoms with van der Waals surface area (Å²) in [6.45, 7) is 9.98. The minimum absolute atomic E-state index is 0.133. The van der Waals surface area contributed by atoms with Crippen LogP contribution in [-0.4, -0.2) is 23.9 Å². The molecule has 3 heteroatoms. The van der Waals surface area contributed by atoms with Gasteiger partial charge in [-0.2, -0.15) is 0 Å². The molecule has 0 aliphatic rings. The molecule has 0 saturated carbocycles. The van der Waals surface area contributed by atoms with Crippen LogP contribution >= 0.6 is 15.9 Å². The Kier molecular flexibility index (Phi) is 5.86. The second-order valence-corrected chi connectivity index (χ2v) is 5.68. The van der Waals surface area contributed by atoms with Crippen molar-refractivity contribution in [3.8, 4) is 0 Å². The summed E-state index contributed by atoms with van der Waals surface area (Å²) < 4.78 is 1.05. The number of hydrogen-bond acceptors (Lipinski definition) is 1. The van der Waals surface area contributed by atoms with Gasteiger partial charge >= 0.3 is 0 Å². The highest BCUT2D eigenvalue weighted by atomic mass is 79.9. The second-order valence-electron chi connectivity index (χ2n) is 4.82. The summed E-state index contributed by atoms with van der Waals surface area (Å²) in [6.07, 6.45) is 1.10. The monoisotopic (exact) mass is 311 g/mol. The molecule has 0 aliphatic carbocycles. The minimum Gasteiger partial charge on any atom is -0.339 e. The van der Waals surface area contributed by atoms with E-state index in [1.807, 2.05) is 36.9 Å². The standard InChI is InChI=1S/C15H22BrNO/c1-5-11(3)10-17(6-2)15(18)13-7-8-14(16)12(4)9-13/h7-9,11H,5-6,10H2,1-4H3. The van der Waals surface area contributed by atoms with E-state index in [2.05, 4.69) is 29.8 Å². The van der Waals surface area contributed by atoms with Crippen LogP contribution in [0, 0.1) is 12.8 Å². The fourth-order valence-electron chi connectivity index (χ4n) is 1.82. The number of amides is 1. The molecule has 1 unspecified atom stereocenters. The molecule has 0 aliphatic heterocycles. The number of rotatable bonds is 5. The van der Waals surface area contributed by atoms with Crippen molar-refractivity contribution in [3.63, 3.8) is 0 Å². The Balaban J connectivity index is 2.86. The van der Waals surface area contributed by atoms with Crippen molar-refractivity contribution in [1.82, 2.24) is 4.90 Å². The van der Waals surface area contributed by atoms with Crippen molar-refractivity contribution in [1.29, 1.82) is 0 Å². The fraction of sp³-hybridized carbons (Fsp3) is 0.533. The normalized spacial score (nSPS) is 12.3. The third-order valence-corrected chi connectivity index (χ3v) is 4.19. The lowest BCUT2D eigenvalue weighted by molar-refractivity contribution is 0.0740. The molecule has 1 aromatic rings. The minimum atomic E-state index is 0.133. The highest BCUT2D eigenvalue weighted by Gasteiger charge is 2.16. The van der Waals surface area contributed by atoms with Crippen molar-refractivity contribution >= 4 is 21.8 Å². The maximum absolute atomic E-state index is 12.4. The molecule has 2 nitrogen and oxygen atoms in total. The number of carbonyl (C=O) groups excluding carboxylic acids is 1. The molecule has 18 heavy (non-hydrogen) atoms. The zero-order chi connectivity index (χ0) is 13.7. The van der Waals surface area contributed by atoms with E-state index in [1.165, 1.54) is 0 Å². The van der Waals surface area contributed by atoms with Crippen molar-refractivity contribution in [3.05, 3.63) is 33.8 Å². The van der Waals surface area contributed by atoms with Crippen molar-refractivity contribution in [2.24, 2.45) is 5.92 Å². The predicted octanol–water partition coefficient (Wildman–Crippen LogP) is 4.27. The molecular weight excluding hydrogens is 290 g/mol. The SMILES string of the molecule is CCC(C)CN(CC)C(=O)c1ccc(Br)c(C)c1. The molecule has 100 valence electrons. The molecule has 0 radical (unpaired) electrons. The quantitative estimate of drug-likeness (QED) is 0.795. The molecule has 0 N–H and O–H groups in total. The lowest BCUT2D eigenvalue weighted by atomic mass is 10.1. The van der Waals surface area contributed by atoms with Gasteiger partial charge in [-0.15, -0.1) is 0 Å². The zero-order valence-electron chi connectivity index (χ0n) is 11.7. The third-order valence-electron chi connectivity index (χ3n) is 3.30. The highest BCUT2D eigenvalue weighted by molar-refractivity contribution is 9.10. The maximum Gasteiger partial charge on any atom is 0.253 e. The van der Waals surface area contributed by atoms with E-state index >= 15 is 0 Å². The number of nitrogens with zero attached hydrogens (tertiary/aromatic N) is 1. The molecule has 0 aromatic heterocycles. The Morgan fingerprint density at radius 2 is 2.06 bits per heavy atom. The van der Waals surface area contributed by atoms with E-state index in [4.69, 9.17) is 0 Å². The first-order chi connectivity index (χ1) is 8.49. The van der Waals surface area contributed by atoms with Crippen LogP contribution in [-0.2, 0) is 0 Å². The summed E-state index contributed by atoms with van der Waals surface area (Å²) in [5.74, 6) is 0.679.